The number of urea groups is 2. The van der Waals surface area contributed by atoms with Gasteiger partial charge in [-0.05, 0) is 60.4 Å². The van der Waals surface area contributed by atoms with E-state index in [1.165, 1.54) is 12.1 Å². The van der Waals surface area contributed by atoms with Crippen molar-refractivity contribution in [2.75, 3.05) is 21.3 Å². The van der Waals surface area contributed by atoms with Crippen molar-refractivity contribution in [3.63, 3.8) is 0 Å². The first-order valence-corrected chi connectivity index (χ1v) is 11.5. The summed E-state index contributed by atoms with van der Waals surface area (Å²) in [5.74, 6) is 0. The molecule has 0 unspecified atom stereocenters. The summed E-state index contributed by atoms with van der Waals surface area (Å²) in [5, 5.41) is 33.1. The van der Waals surface area contributed by atoms with Gasteiger partial charge >= 0.3 is 24.2 Å². The van der Waals surface area contributed by atoms with Gasteiger partial charge in [-0.15, -0.1) is 0 Å². The molecule has 198 valence electrons. The third kappa shape index (κ3) is 8.45. The van der Waals surface area contributed by atoms with Gasteiger partial charge in [-0.1, -0.05) is 36.4 Å². The van der Waals surface area contributed by atoms with Gasteiger partial charge in [-0.25, -0.2) is 19.2 Å². The minimum atomic E-state index is -1.20. The Bertz CT molecular complexity index is 1260. The summed E-state index contributed by atoms with van der Waals surface area (Å²) in [6.45, 7) is 4.02. The van der Waals surface area contributed by atoms with Crippen LogP contribution in [0.3, 0.4) is 0 Å². The molecule has 0 aliphatic rings. The lowest BCUT2D eigenvalue weighted by Gasteiger charge is -2.13. The van der Waals surface area contributed by atoms with Gasteiger partial charge in [0.2, 0.25) is 0 Å². The number of carboxylic acid groups (broad SMARTS) is 2. The van der Waals surface area contributed by atoms with E-state index in [4.69, 9.17) is 10.2 Å². The maximum absolute atomic E-state index is 12.4. The van der Waals surface area contributed by atoms with Crippen LogP contribution in [0.2, 0.25) is 0 Å². The number of hydrogen-bond donors (Lipinski definition) is 8. The van der Waals surface area contributed by atoms with Crippen LogP contribution in [0, 0.1) is 13.8 Å². The Balaban J connectivity index is 1.52. The Morgan fingerprint density at radius 1 is 0.605 bits per heavy atom. The Morgan fingerprint density at radius 3 is 1.42 bits per heavy atom. The number of hydrogen-bond acceptors (Lipinski definition) is 4. The third-order valence-electron chi connectivity index (χ3n) is 5.37. The highest BCUT2D eigenvalue weighted by Gasteiger charge is 2.09. The lowest BCUT2D eigenvalue weighted by atomic mass is 10.1. The molecule has 0 saturated carbocycles. The first-order chi connectivity index (χ1) is 18.1. The van der Waals surface area contributed by atoms with Crippen LogP contribution in [-0.4, -0.2) is 34.5 Å². The predicted octanol–water partition coefficient (Wildman–Crippen LogP) is 5.13. The molecule has 6 amide bonds. The van der Waals surface area contributed by atoms with E-state index in [1.807, 2.05) is 18.2 Å². The van der Waals surface area contributed by atoms with Crippen LogP contribution in [-0.2, 0) is 13.1 Å². The Morgan fingerprint density at radius 2 is 1.03 bits per heavy atom. The van der Waals surface area contributed by atoms with Crippen LogP contribution >= 0.6 is 0 Å². The number of carbonyl (C=O) groups is 4. The average molecular weight is 521 g/mol. The molecule has 3 aromatic rings. The molecule has 0 heterocycles. The maximum atomic E-state index is 12.4. The highest BCUT2D eigenvalue weighted by molar-refractivity contribution is 5.93. The van der Waals surface area contributed by atoms with E-state index in [0.29, 0.717) is 22.7 Å². The smallest absolute Gasteiger partial charge is 0.409 e. The highest BCUT2D eigenvalue weighted by Crippen LogP contribution is 2.21. The molecule has 0 aliphatic heterocycles. The summed E-state index contributed by atoms with van der Waals surface area (Å²) in [4.78, 5) is 46.5. The molecule has 3 rings (SSSR count). The third-order valence-corrected chi connectivity index (χ3v) is 5.37. The van der Waals surface area contributed by atoms with Crippen molar-refractivity contribution >= 4 is 47.0 Å². The first-order valence-electron chi connectivity index (χ1n) is 11.5. The maximum Gasteiger partial charge on any atom is 0.409 e. The molecule has 0 radical (unpaired) electrons. The zero-order valence-electron chi connectivity index (χ0n) is 20.7. The monoisotopic (exact) mass is 520 g/mol. The van der Waals surface area contributed by atoms with Crippen LogP contribution < -0.4 is 31.9 Å². The molecule has 0 fully saturated rings. The molecular formula is C26H28N6O6. The predicted molar refractivity (Wildman–Crippen MR) is 144 cm³/mol. The minimum absolute atomic E-state index is 0.223. The summed E-state index contributed by atoms with van der Waals surface area (Å²) in [7, 11) is 0. The van der Waals surface area contributed by atoms with Gasteiger partial charge in [-0.3, -0.25) is 10.6 Å². The van der Waals surface area contributed by atoms with E-state index in [9.17, 15) is 19.2 Å². The van der Waals surface area contributed by atoms with Crippen LogP contribution in [0.1, 0.15) is 22.3 Å². The number of rotatable bonds is 8. The van der Waals surface area contributed by atoms with Crippen molar-refractivity contribution in [3.8, 4) is 0 Å². The highest BCUT2D eigenvalue weighted by atomic mass is 16.4. The fraction of sp³-hybridized carbons (Fsp3) is 0.154. The molecule has 8 N–H and O–H groups in total. The van der Waals surface area contributed by atoms with E-state index in [0.717, 1.165) is 22.3 Å². The second-order valence-corrected chi connectivity index (χ2v) is 8.36. The Hall–Kier alpha value is -5.26. The molecule has 0 aliphatic carbocycles. The van der Waals surface area contributed by atoms with Crippen molar-refractivity contribution < 1.29 is 29.4 Å². The molecule has 38 heavy (non-hydrogen) atoms. The minimum Gasteiger partial charge on any atom is -0.465 e. The van der Waals surface area contributed by atoms with Gasteiger partial charge in [-0.2, -0.15) is 0 Å². The first kappa shape index (κ1) is 27.3. The summed E-state index contributed by atoms with van der Waals surface area (Å²) >= 11 is 0. The molecule has 0 aromatic heterocycles. The van der Waals surface area contributed by atoms with E-state index in [2.05, 4.69) is 31.9 Å². The summed E-state index contributed by atoms with van der Waals surface area (Å²) in [6, 6.07) is 16.0. The number of aryl methyl sites for hydroxylation is 2. The number of amides is 6. The summed E-state index contributed by atoms with van der Waals surface area (Å²) in [5.41, 5.74) is 4.76. The van der Waals surface area contributed by atoms with Crippen molar-refractivity contribution in [1.29, 1.82) is 0 Å². The standard InChI is InChI=1S/C26H28N6O6/c1-15-6-8-19(29-25(35)36)11-21(15)31-23(33)27-13-17-4-3-5-18(10-17)14-28-24(34)32-22-12-20(30-26(37)38)9-7-16(22)2/h3-12,29-30H,13-14H2,1-2H3,(H,35,36)(H,37,38)(H2,27,31,33)(H2,28,32,34). The zero-order chi connectivity index (χ0) is 27.7. The number of benzene rings is 3. The second kappa shape index (κ2) is 12.6. The zero-order valence-corrected chi connectivity index (χ0v) is 20.7. The fourth-order valence-corrected chi connectivity index (χ4v) is 3.46. The van der Waals surface area contributed by atoms with Gasteiger partial charge in [0, 0.05) is 35.8 Å². The van der Waals surface area contributed by atoms with Crippen LogP contribution in [0.4, 0.5) is 41.9 Å². The summed E-state index contributed by atoms with van der Waals surface area (Å²) in [6.07, 6.45) is -2.40. The van der Waals surface area contributed by atoms with Gasteiger partial charge < -0.3 is 31.5 Å². The fourth-order valence-electron chi connectivity index (χ4n) is 3.46. The van der Waals surface area contributed by atoms with Crippen molar-refractivity contribution in [3.05, 3.63) is 82.9 Å². The van der Waals surface area contributed by atoms with Gasteiger partial charge in [0.05, 0.1) is 0 Å². The molecule has 0 saturated heterocycles. The topological polar surface area (TPSA) is 181 Å². The number of anilines is 4. The van der Waals surface area contributed by atoms with Gasteiger partial charge in [0.25, 0.3) is 0 Å². The largest absolute Gasteiger partial charge is 0.465 e. The van der Waals surface area contributed by atoms with Crippen molar-refractivity contribution in [2.45, 2.75) is 26.9 Å². The Kier molecular flexibility index (Phi) is 9.08. The molecule has 12 heteroatoms. The molecule has 0 spiro atoms. The van der Waals surface area contributed by atoms with Gasteiger partial charge in [0.1, 0.15) is 0 Å². The average Bonchev–Trinajstić information content (AvgIpc) is 2.85. The SMILES string of the molecule is Cc1ccc(NC(=O)O)cc1NC(=O)NCc1cccc(CNC(=O)Nc2cc(NC(=O)O)ccc2C)c1. The van der Waals surface area contributed by atoms with Gasteiger partial charge in [0.15, 0.2) is 0 Å². The normalized spacial score (nSPS) is 10.2. The molecule has 0 bridgehead atoms. The molecular weight excluding hydrogens is 492 g/mol. The van der Waals surface area contributed by atoms with E-state index < -0.39 is 24.2 Å². The van der Waals surface area contributed by atoms with Crippen molar-refractivity contribution in [2.24, 2.45) is 0 Å². The second-order valence-electron chi connectivity index (χ2n) is 8.36. The Labute approximate surface area is 218 Å². The molecule has 3 aromatic carbocycles. The quantitative estimate of drug-likeness (QED) is 0.204. The van der Waals surface area contributed by atoms with Crippen LogP contribution in [0.5, 0.6) is 0 Å². The molecule has 0 atom stereocenters. The lowest BCUT2D eigenvalue weighted by molar-refractivity contribution is 0.208. The summed E-state index contributed by atoms with van der Waals surface area (Å²) < 4.78 is 0. The van der Waals surface area contributed by atoms with Crippen LogP contribution in [0.15, 0.2) is 60.7 Å². The van der Waals surface area contributed by atoms with E-state index in [-0.39, 0.29) is 13.1 Å². The number of nitrogens with one attached hydrogen (secondary N) is 6. The van der Waals surface area contributed by atoms with E-state index >= 15 is 0 Å². The molecule has 12 nitrogen and oxygen atoms in total. The lowest BCUT2D eigenvalue weighted by Crippen LogP contribution is -2.29. The number of carbonyl (C=O) groups excluding carboxylic acids is 2. The van der Waals surface area contributed by atoms with E-state index in [1.54, 1.807) is 44.2 Å². The van der Waals surface area contributed by atoms with Crippen LogP contribution in [0.25, 0.3) is 0 Å². The van der Waals surface area contributed by atoms with Crippen molar-refractivity contribution in [1.82, 2.24) is 10.6 Å².